The highest BCUT2D eigenvalue weighted by Gasteiger charge is 2.54. The zero-order valence-electron chi connectivity index (χ0n) is 10.0. The van der Waals surface area contributed by atoms with Gasteiger partial charge in [-0.05, 0) is 31.6 Å². The van der Waals surface area contributed by atoms with Gasteiger partial charge in [0, 0.05) is 5.41 Å². The summed E-state index contributed by atoms with van der Waals surface area (Å²) in [4.78, 5) is 0. The number of rotatable bonds is 5. The zero-order chi connectivity index (χ0) is 10.9. The van der Waals surface area contributed by atoms with E-state index in [1.165, 1.54) is 18.4 Å². The SMILES string of the molecule is C=C(C)C(CCC(C)C)[C@]1(C)C[C@@H]1O. The van der Waals surface area contributed by atoms with E-state index in [1.54, 1.807) is 0 Å². The molecule has 0 heterocycles. The zero-order valence-corrected chi connectivity index (χ0v) is 10.0. The standard InChI is InChI=1S/C13H24O/c1-9(2)6-7-11(10(3)4)13(5)8-12(13)14/h9,11-12,14H,3,6-8H2,1-2,4-5H3/t11?,12-,13-/m0/s1. The van der Waals surface area contributed by atoms with Crippen molar-refractivity contribution >= 4 is 0 Å². The van der Waals surface area contributed by atoms with Gasteiger partial charge in [0.1, 0.15) is 0 Å². The van der Waals surface area contributed by atoms with E-state index in [2.05, 4.69) is 34.3 Å². The smallest absolute Gasteiger partial charge is 0.0606 e. The average Bonchev–Trinajstić information content (AvgIpc) is 2.58. The molecule has 0 aromatic rings. The molecule has 1 N–H and O–H groups in total. The predicted molar refractivity (Wildman–Crippen MR) is 61.1 cm³/mol. The first kappa shape index (κ1) is 11.8. The maximum atomic E-state index is 9.63. The van der Waals surface area contributed by atoms with Crippen LogP contribution in [0.2, 0.25) is 0 Å². The Morgan fingerprint density at radius 2 is 2.00 bits per heavy atom. The Kier molecular flexibility index (Phi) is 3.41. The lowest BCUT2D eigenvalue weighted by Gasteiger charge is -2.25. The van der Waals surface area contributed by atoms with Crippen LogP contribution in [-0.2, 0) is 0 Å². The van der Waals surface area contributed by atoms with Gasteiger partial charge in [0.25, 0.3) is 0 Å². The van der Waals surface area contributed by atoms with Gasteiger partial charge < -0.3 is 5.11 Å². The molecular weight excluding hydrogens is 172 g/mol. The van der Waals surface area contributed by atoms with Crippen LogP contribution < -0.4 is 0 Å². The third-order valence-electron chi connectivity index (χ3n) is 3.66. The van der Waals surface area contributed by atoms with Gasteiger partial charge in [-0.3, -0.25) is 0 Å². The normalized spacial score (nSPS) is 33.1. The van der Waals surface area contributed by atoms with Crippen molar-refractivity contribution in [3.8, 4) is 0 Å². The molecule has 1 saturated carbocycles. The molecule has 14 heavy (non-hydrogen) atoms. The molecule has 3 atom stereocenters. The van der Waals surface area contributed by atoms with Crippen molar-refractivity contribution in [2.45, 2.75) is 53.1 Å². The topological polar surface area (TPSA) is 20.2 Å². The third-order valence-corrected chi connectivity index (χ3v) is 3.66. The highest BCUT2D eigenvalue weighted by atomic mass is 16.3. The Hall–Kier alpha value is -0.300. The Morgan fingerprint density at radius 3 is 2.29 bits per heavy atom. The van der Waals surface area contributed by atoms with E-state index < -0.39 is 0 Å². The fraction of sp³-hybridized carbons (Fsp3) is 0.846. The minimum atomic E-state index is -0.0867. The fourth-order valence-electron chi connectivity index (χ4n) is 2.37. The summed E-state index contributed by atoms with van der Waals surface area (Å²) >= 11 is 0. The summed E-state index contributed by atoms with van der Waals surface area (Å²) in [6.07, 6.45) is 3.29. The van der Waals surface area contributed by atoms with E-state index in [0.29, 0.717) is 5.92 Å². The van der Waals surface area contributed by atoms with Crippen LogP contribution in [0.15, 0.2) is 12.2 Å². The molecule has 0 aliphatic heterocycles. The first-order valence-corrected chi connectivity index (χ1v) is 5.71. The minimum Gasteiger partial charge on any atom is -0.393 e. The quantitative estimate of drug-likeness (QED) is 0.668. The van der Waals surface area contributed by atoms with Crippen molar-refractivity contribution in [2.75, 3.05) is 0 Å². The van der Waals surface area contributed by atoms with Crippen molar-refractivity contribution in [1.82, 2.24) is 0 Å². The van der Waals surface area contributed by atoms with Gasteiger partial charge in [-0.2, -0.15) is 0 Å². The first-order chi connectivity index (χ1) is 6.38. The summed E-state index contributed by atoms with van der Waals surface area (Å²) in [5.41, 5.74) is 1.38. The average molecular weight is 196 g/mol. The molecule has 1 aliphatic carbocycles. The lowest BCUT2D eigenvalue weighted by Crippen LogP contribution is -2.18. The number of aliphatic hydroxyl groups excluding tert-OH is 1. The van der Waals surface area contributed by atoms with E-state index in [1.807, 2.05) is 0 Å². The van der Waals surface area contributed by atoms with E-state index in [0.717, 1.165) is 12.3 Å². The number of hydrogen-bond acceptors (Lipinski definition) is 1. The molecule has 1 aliphatic rings. The highest BCUT2D eigenvalue weighted by molar-refractivity contribution is 5.14. The van der Waals surface area contributed by atoms with Gasteiger partial charge in [-0.25, -0.2) is 0 Å². The molecule has 0 aromatic heterocycles. The van der Waals surface area contributed by atoms with E-state index in [4.69, 9.17) is 0 Å². The monoisotopic (exact) mass is 196 g/mol. The van der Waals surface area contributed by atoms with Crippen LogP contribution in [0.25, 0.3) is 0 Å². The molecule has 1 fully saturated rings. The van der Waals surface area contributed by atoms with Gasteiger partial charge in [-0.15, -0.1) is 0 Å². The molecule has 0 aromatic carbocycles. The second-order valence-corrected chi connectivity index (χ2v) is 5.60. The Bertz CT molecular complexity index is 219. The molecule has 0 saturated heterocycles. The van der Waals surface area contributed by atoms with E-state index >= 15 is 0 Å². The van der Waals surface area contributed by atoms with Crippen molar-refractivity contribution in [3.05, 3.63) is 12.2 Å². The summed E-state index contributed by atoms with van der Waals surface area (Å²) in [5, 5.41) is 9.63. The molecule has 1 unspecified atom stereocenters. The molecule has 82 valence electrons. The predicted octanol–water partition coefficient (Wildman–Crippen LogP) is 3.39. The third kappa shape index (κ3) is 2.38. The largest absolute Gasteiger partial charge is 0.393 e. The van der Waals surface area contributed by atoms with Crippen LogP contribution in [0.1, 0.15) is 47.0 Å². The minimum absolute atomic E-state index is 0.0867. The van der Waals surface area contributed by atoms with Crippen LogP contribution in [0, 0.1) is 17.3 Å². The molecule has 0 spiro atoms. The van der Waals surface area contributed by atoms with E-state index in [9.17, 15) is 5.11 Å². The fourth-order valence-corrected chi connectivity index (χ4v) is 2.37. The maximum absolute atomic E-state index is 9.63. The summed E-state index contributed by atoms with van der Waals surface area (Å²) < 4.78 is 0. The second-order valence-electron chi connectivity index (χ2n) is 5.60. The van der Waals surface area contributed by atoms with Gasteiger partial charge in [0.15, 0.2) is 0 Å². The van der Waals surface area contributed by atoms with Crippen LogP contribution in [0.4, 0.5) is 0 Å². The van der Waals surface area contributed by atoms with Crippen LogP contribution in [-0.4, -0.2) is 11.2 Å². The van der Waals surface area contributed by atoms with E-state index in [-0.39, 0.29) is 11.5 Å². The van der Waals surface area contributed by atoms with Crippen LogP contribution in [0.5, 0.6) is 0 Å². The Morgan fingerprint density at radius 1 is 1.50 bits per heavy atom. The van der Waals surface area contributed by atoms with Gasteiger partial charge >= 0.3 is 0 Å². The maximum Gasteiger partial charge on any atom is 0.0606 e. The summed E-state index contributed by atoms with van der Waals surface area (Å²) in [6, 6.07) is 0. The summed E-state index contributed by atoms with van der Waals surface area (Å²) in [7, 11) is 0. The highest BCUT2D eigenvalue weighted by Crippen LogP contribution is 2.55. The molecule has 0 amide bonds. The summed E-state index contributed by atoms with van der Waals surface area (Å²) in [6.45, 7) is 12.9. The van der Waals surface area contributed by atoms with Gasteiger partial charge in [-0.1, -0.05) is 39.3 Å². The Balaban J connectivity index is 2.53. The lowest BCUT2D eigenvalue weighted by molar-refractivity contribution is 0.189. The molecule has 0 bridgehead atoms. The van der Waals surface area contributed by atoms with Crippen molar-refractivity contribution < 1.29 is 5.11 Å². The van der Waals surface area contributed by atoms with Crippen molar-refractivity contribution in [1.29, 1.82) is 0 Å². The lowest BCUT2D eigenvalue weighted by atomic mass is 9.80. The van der Waals surface area contributed by atoms with Crippen LogP contribution >= 0.6 is 0 Å². The molecule has 0 radical (unpaired) electrons. The first-order valence-electron chi connectivity index (χ1n) is 5.71. The second kappa shape index (κ2) is 4.06. The van der Waals surface area contributed by atoms with Crippen LogP contribution in [0.3, 0.4) is 0 Å². The summed E-state index contributed by atoms with van der Waals surface area (Å²) in [5.74, 6) is 1.26. The molecule has 1 nitrogen and oxygen atoms in total. The number of hydrogen-bond donors (Lipinski definition) is 1. The Labute approximate surface area is 88.2 Å². The van der Waals surface area contributed by atoms with Crippen molar-refractivity contribution in [2.24, 2.45) is 17.3 Å². The molecule has 1 heteroatoms. The number of allylic oxidation sites excluding steroid dienone is 1. The molecule has 1 rings (SSSR count). The number of aliphatic hydroxyl groups is 1. The van der Waals surface area contributed by atoms with Gasteiger partial charge in [0.2, 0.25) is 0 Å². The molecular formula is C13H24O. The van der Waals surface area contributed by atoms with Gasteiger partial charge in [0.05, 0.1) is 6.10 Å². The van der Waals surface area contributed by atoms with Crippen molar-refractivity contribution in [3.63, 3.8) is 0 Å².